The zero-order valence-electron chi connectivity index (χ0n) is 26.0. The number of carbonyl (C=O) groups is 1. The van der Waals surface area contributed by atoms with Gasteiger partial charge in [-0.1, -0.05) is 55.3 Å². The second kappa shape index (κ2) is 13.0. The topological polar surface area (TPSA) is 83.1 Å². The summed E-state index contributed by atoms with van der Waals surface area (Å²) in [7, 11) is 0. The summed E-state index contributed by atoms with van der Waals surface area (Å²) in [6, 6.07) is 16.4. The number of ether oxygens (including phenoxy) is 2. The van der Waals surface area contributed by atoms with Gasteiger partial charge in [0.25, 0.3) is 0 Å². The predicted molar refractivity (Wildman–Crippen MR) is 172 cm³/mol. The molecule has 0 aromatic heterocycles. The number of aliphatic hydroxyl groups excluding tert-OH is 1. The highest BCUT2D eigenvalue weighted by Crippen LogP contribution is 2.55. The second-order valence-corrected chi connectivity index (χ2v) is 14.4. The molecule has 2 amide bonds. The van der Waals surface area contributed by atoms with E-state index in [-0.39, 0.29) is 30.4 Å². The molecule has 3 N–H and O–H groups in total. The van der Waals surface area contributed by atoms with Crippen molar-refractivity contribution >= 4 is 11.7 Å². The number of urea groups is 1. The van der Waals surface area contributed by atoms with Crippen LogP contribution in [-0.2, 0) is 16.1 Å². The summed E-state index contributed by atoms with van der Waals surface area (Å²) in [5.74, 6) is 2.34. The van der Waals surface area contributed by atoms with Gasteiger partial charge in [-0.05, 0) is 92.4 Å². The Bertz CT molecular complexity index is 1270. The van der Waals surface area contributed by atoms with Gasteiger partial charge in [0.2, 0.25) is 0 Å². The van der Waals surface area contributed by atoms with E-state index in [1.54, 1.807) is 0 Å². The molecule has 2 aromatic rings. The molecule has 1 aliphatic heterocycles. The van der Waals surface area contributed by atoms with E-state index in [9.17, 15) is 9.90 Å². The van der Waals surface area contributed by atoms with Gasteiger partial charge in [0, 0.05) is 42.3 Å². The van der Waals surface area contributed by atoms with Crippen molar-refractivity contribution in [3.63, 3.8) is 0 Å². The van der Waals surface area contributed by atoms with Crippen LogP contribution in [0.3, 0.4) is 0 Å². The normalized spacial score (nSPS) is 33.0. The molecule has 4 bridgehead atoms. The maximum absolute atomic E-state index is 13.3. The Balaban J connectivity index is 1.07. The summed E-state index contributed by atoms with van der Waals surface area (Å²) in [5, 5.41) is 16.1. The molecule has 6 aliphatic rings. The van der Waals surface area contributed by atoms with E-state index in [0.29, 0.717) is 6.04 Å². The molecule has 1 saturated heterocycles. The lowest BCUT2D eigenvalue weighted by atomic mass is 9.53. The van der Waals surface area contributed by atoms with Crippen molar-refractivity contribution in [3.8, 4) is 0 Å². The summed E-state index contributed by atoms with van der Waals surface area (Å²) in [5.41, 5.74) is 3.59. The SMILES string of the molecule is C=CCN(C[C@@H]1C[C@H](c2ccc(CO)cc2)O[C@H](c2cccc(NC(=O)NC34CC5CC(CC(C5)C3)C4)c2)O1)C1CCCC1. The van der Waals surface area contributed by atoms with Crippen LogP contribution in [0.1, 0.15) is 99.7 Å². The lowest BCUT2D eigenvalue weighted by molar-refractivity contribution is -0.253. The van der Waals surface area contributed by atoms with Crippen LogP contribution >= 0.6 is 0 Å². The molecular weight excluding hydrogens is 550 g/mol. The van der Waals surface area contributed by atoms with Crippen molar-refractivity contribution in [2.24, 2.45) is 17.8 Å². The van der Waals surface area contributed by atoms with Gasteiger partial charge in [-0.2, -0.15) is 0 Å². The summed E-state index contributed by atoms with van der Waals surface area (Å²) in [4.78, 5) is 15.9. The molecule has 5 aliphatic carbocycles. The van der Waals surface area contributed by atoms with Crippen LogP contribution in [0.5, 0.6) is 0 Å². The van der Waals surface area contributed by atoms with Crippen molar-refractivity contribution < 1.29 is 19.4 Å². The molecule has 44 heavy (non-hydrogen) atoms. The number of anilines is 1. The van der Waals surface area contributed by atoms with Gasteiger partial charge >= 0.3 is 6.03 Å². The second-order valence-electron chi connectivity index (χ2n) is 14.4. The molecule has 7 nitrogen and oxygen atoms in total. The standard InChI is InChI=1S/C37H49N3O4/c1-2-14-40(32-8-3-4-9-32)23-33-19-34(29-12-10-25(24-41)11-13-29)44-35(43-33)30-6-5-7-31(18-30)38-36(42)39-37-20-26-15-27(21-37)17-28(16-26)22-37/h2,5-7,10-13,18,26-28,32-35,41H,1,3-4,8-9,14-17,19-24H2,(H2,38,39,42)/t26?,27?,28?,33-,34+,35+,37?/m0/s1. The summed E-state index contributed by atoms with van der Waals surface area (Å²) in [6.45, 7) is 5.73. The van der Waals surface area contributed by atoms with Crippen molar-refractivity contribution in [2.45, 2.75) is 107 Å². The van der Waals surface area contributed by atoms with Crippen molar-refractivity contribution in [2.75, 3.05) is 18.4 Å². The molecule has 0 unspecified atom stereocenters. The monoisotopic (exact) mass is 599 g/mol. The molecule has 3 atom stereocenters. The first-order valence-corrected chi connectivity index (χ1v) is 17.0. The molecule has 236 valence electrons. The lowest BCUT2D eigenvalue weighted by Crippen LogP contribution is -2.60. The van der Waals surface area contributed by atoms with E-state index in [4.69, 9.17) is 9.47 Å². The van der Waals surface area contributed by atoms with Crippen molar-refractivity contribution in [1.29, 1.82) is 0 Å². The quantitative estimate of drug-likeness (QED) is 0.251. The number of carbonyl (C=O) groups excluding carboxylic acids is 1. The van der Waals surface area contributed by atoms with Gasteiger partial charge in [-0.15, -0.1) is 6.58 Å². The van der Waals surface area contributed by atoms with E-state index in [0.717, 1.165) is 78.9 Å². The Morgan fingerprint density at radius 1 is 0.955 bits per heavy atom. The third kappa shape index (κ3) is 6.62. The smallest absolute Gasteiger partial charge is 0.319 e. The Morgan fingerprint density at radius 3 is 2.32 bits per heavy atom. The molecular formula is C37H49N3O4. The van der Waals surface area contributed by atoms with E-state index in [1.807, 2.05) is 42.5 Å². The third-order valence-electron chi connectivity index (χ3n) is 11.1. The van der Waals surface area contributed by atoms with Crippen LogP contribution < -0.4 is 10.6 Å². The number of hydrogen-bond donors (Lipinski definition) is 3. The minimum Gasteiger partial charge on any atom is -0.392 e. The molecule has 1 heterocycles. The van der Waals surface area contributed by atoms with Gasteiger partial charge in [0.1, 0.15) is 0 Å². The summed E-state index contributed by atoms with van der Waals surface area (Å²) in [6.07, 6.45) is 14.5. The number of nitrogens with one attached hydrogen (secondary N) is 2. The molecule has 0 radical (unpaired) electrons. The van der Waals surface area contributed by atoms with Crippen LogP contribution in [0.15, 0.2) is 61.2 Å². The van der Waals surface area contributed by atoms with Gasteiger partial charge in [0.15, 0.2) is 6.29 Å². The Morgan fingerprint density at radius 2 is 1.66 bits per heavy atom. The number of aliphatic hydroxyl groups is 1. The number of rotatable bonds is 10. The maximum Gasteiger partial charge on any atom is 0.319 e. The third-order valence-corrected chi connectivity index (χ3v) is 11.1. The average Bonchev–Trinajstić information content (AvgIpc) is 3.55. The van der Waals surface area contributed by atoms with E-state index in [2.05, 4.69) is 34.2 Å². The largest absolute Gasteiger partial charge is 0.392 e. The highest BCUT2D eigenvalue weighted by atomic mass is 16.7. The van der Waals surface area contributed by atoms with E-state index >= 15 is 0 Å². The van der Waals surface area contributed by atoms with Crippen LogP contribution in [-0.4, -0.2) is 46.8 Å². The maximum atomic E-state index is 13.3. The lowest BCUT2D eigenvalue weighted by Gasteiger charge is -2.56. The van der Waals surface area contributed by atoms with E-state index in [1.165, 1.54) is 44.9 Å². The van der Waals surface area contributed by atoms with Crippen LogP contribution in [0.25, 0.3) is 0 Å². The van der Waals surface area contributed by atoms with Crippen LogP contribution in [0.2, 0.25) is 0 Å². The van der Waals surface area contributed by atoms with Gasteiger partial charge in [0.05, 0.1) is 18.8 Å². The number of benzene rings is 2. The molecule has 8 rings (SSSR count). The fourth-order valence-electron chi connectivity index (χ4n) is 9.53. The molecule has 2 aromatic carbocycles. The summed E-state index contributed by atoms with van der Waals surface area (Å²) >= 11 is 0. The first kappa shape index (κ1) is 30.0. The first-order valence-electron chi connectivity index (χ1n) is 17.0. The molecule has 7 heteroatoms. The number of nitrogens with zero attached hydrogens (tertiary/aromatic N) is 1. The van der Waals surface area contributed by atoms with E-state index < -0.39 is 6.29 Å². The number of hydrogen-bond acceptors (Lipinski definition) is 5. The Kier molecular flexibility index (Phi) is 8.82. The number of amides is 2. The zero-order chi connectivity index (χ0) is 30.1. The average molecular weight is 600 g/mol. The fourth-order valence-corrected chi connectivity index (χ4v) is 9.53. The van der Waals surface area contributed by atoms with Crippen LogP contribution in [0.4, 0.5) is 10.5 Å². The van der Waals surface area contributed by atoms with Gasteiger partial charge in [-0.25, -0.2) is 4.79 Å². The Labute approximate surface area is 262 Å². The predicted octanol–water partition coefficient (Wildman–Crippen LogP) is 7.25. The molecule has 6 fully saturated rings. The zero-order valence-corrected chi connectivity index (χ0v) is 26.0. The highest BCUT2D eigenvalue weighted by molar-refractivity contribution is 5.89. The van der Waals surface area contributed by atoms with Crippen molar-refractivity contribution in [3.05, 3.63) is 77.9 Å². The Hall–Kier alpha value is -2.71. The molecule has 0 spiro atoms. The van der Waals surface area contributed by atoms with Crippen molar-refractivity contribution in [1.82, 2.24) is 10.2 Å². The minimum atomic E-state index is -0.557. The highest BCUT2D eigenvalue weighted by Gasteiger charge is 2.51. The van der Waals surface area contributed by atoms with Gasteiger partial charge < -0.3 is 25.2 Å². The molecule has 5 saturated carbocycles. The summed E-state index contributed by atoms with van der Waals surface area (Å²) < 4.78 is 13.3. The first-order chi connectivity index (χ1) is 21.5. The van der Waals surface area contributed by atoms with Gasteiger partial charge in [-0.3, -0.25) is 4.90 Å². The minimum absolute atomic E-state index is 0.0205. The fraction of sp³-hybridized carbons (Fsp3) is 0.595. The van der Waals surface area contributed by atoms with Crippen LogP contribution in [0, 0.1) is 17.8 Å².